The number of ether oxygens (including phenoxy) is 7. The molecule has 3 aromatic carbocycles. The Balaban J connectivity index is 0.854. The van der Waals surface area contributed by atoms with Crippen LogP contribution in [0.25, 0.3) is 11.2 Å². The van der Waals surface area contributed by atoms with E-state index in [-0.39, 0.29) is 106 Å². The molecular weight excluding hydrogens is 1100 g/mol. The van der Waals surface area contributed by atoms with Gasteiger partial charge in [0.15, 0.2) is 17.2 Å². The molecule has 1 aliphatic carbocycles. The Morgan fingerprint density at radius 1 is 0.824 bits per heavy atom. The van der Waals surface area contributed by atoms with Crippen molar-refractivity contribution in [2.75, 3.05) is 78.3 Å². The lowest BCUT2D eigenvalue weighted by Gasteiger charge is -2.24. The van der Waals surface area contributed by atoms with Gasteiger partial charge in [-0.15, -0.1) is 0 Å². The first-order valence-corrected chi connectivity index (χ1v) is 29.0. The first kappa shape index (κ1) is 64.4. The maximum Gasteiger partial charge on any atom is 0.410 e. The van der Waals surface area contributed by atoms with Gasteiger partial charge >= 0.3 is 23.8 Å². The molecule has 458 valence electrons. The lowest BCUT2D eigenvalue weighted by Crippen LogP contribution is -2.46. The number of benzene rings is 3. The van der Waals surface area contributed by atoms with E-state index in [9.17, 15) is 33.6 Å². The highest BCUT2D eigenvalue weighted by Gasteiger charge is 2.34. The Morgan fingerprint density at radius 3 is 2.19 bits per heavy atom. The number of aromatic amines is 1. The number of carbonyl (C=O) groups excluding carboxylic acids is 6. The Labute approximate surface area is 494 Å². The molecule has 24 nitrogen and oxygen atoms in total. The van der Waals surface area contributed by atoms with Crippen molar-refractivity contribution >= 4 is 52.5 Å². The van der Waals surface area contributed by atoms with Crippen LogP contribution in [0.15, 0.2) is 83.7 Å². The lowest BCUT2D eigenvalue weighted by atomic mass is 9.88. The summed E-state index contributed by atoms with van der Waals surface area (Å²) in [6.45, 7) is 9.41. The number of hydrogen-bond acceptors (Lipinski definition) is 17. The summed E-state index contributed by atoms with van der Waals surface area (Å²) in [6.07, 6.45) is 7.18. The fourth-order valence-electron chi connectivity index (χ4n) is 9.32. The van der Waals surface area contributed by atoms with Crippen molar-refractivity contribution in [2.45, 2.75) is 110 Å². The number of Topliss-reactive ketones (excluding diaryl/α,β-unsaturated/α-hetero) is 2. The van der Waals surface area contributed by atoms with E-state index in [1.165, 1.54) is 11.5 Å². The minimum absolute atomic E-state index is 0.00543. The number of nitrogens with one attached hydrogen (secondary N) is 4. The lowest BCUT2D eigenvalue weighted by molar-refractivity contribution is -0.134. The van der Waals surface area contributed by atoms with Gasteiger partial charge in [0.25, 0.3) is 0 Å². The molecule has 24 heteroatoms. The average molecular weight is 1180 g/mol. The summed E-state index contributed by atoms with van der Waals surface area (Å²) in [7, 11) is 0. The number of primary amides is 1. The summed E-state index contributed by atoms with van der Waals surface area (Å²) in [5.41, 5.74) is 15.8. The van der Waals surface area contributed by atoms with Crippen LogP contribution in [0.1, 0.15) is 93.5 Å². The zero-order valence-electron chi connectivity index (χ0n) is 48.7. The minimum Gasteiger partial charge on any atom is -0.463 e. The van der Waals surface area contributed by atoms with Crippen LogP contribution in [0.4, 0.5) is 15.4 Å². The first-order valence-electron chi connectivity index (χ1n) is 29.0. The average Bonchev–Trinajstić information content (AvgIpc) is 3.35. The molecule has 5 aromatic rings. The SMILES string of the molecule is CC(=O)NCCOCCOCCOCCOCCC(=O)C[C@H](C(=O)N[C@@H](CCCNC(N)=O)C(=O)Cc1ccc(COC(=O)N(Cc2ccc(Oc3ccc4cc3C/C=C/CCOc3nc(N)c5[nH]c(=O)n(c5n3)C4)cc2)C2CC2)cc1)C(C)C. The molecule has 4 bridgehead atoms. The summed E-state index contributed by atoms with van der Waals surface area (Å²) in [5.74, 6) is -0.430. The second kappa shape index (κ2) is 33.3. The van der Waals surface area contributed by atoms with Crippen molar-refractivity contribution < 1.29 is 61.9 Å². The number of nitrogens with two attached hydrogens (primary N) is 2. The van der Waals surface area contributed by atoms with E-state index in [1.54, 1.807) is 29.2 Å². The topological polar surface area (TPSA) is 322 Å². The molecule has 0 unspecified atom stereocenters. The number of imidazole rings is 1. The summed E-state index contributed by atoms with van der Waals surface area (Å²) in [4.78, 5) is 103. The van der Waals surface area contributed by atoms with Gasteiger partial charge in [-0.05, 0) is 96.5 Å². The smallest absolute Gasteiger partial charge is 0.410 e. The molecule has 1 aliphatic heterocycles. The number of anilines is 1. The van der Waals surface area contributed by atoms with Gasteiger partial charge in [0.1, 0.15) is 29.4 Å². The predicted molar refractivity (Wildman–Crippen MR) is 315 cm³/mol. The van der Waals surface area contributed by atoms with E-state index in [0.717, 1.165) is 35.1 Å². The van der Waals surface area contributed by atoms with Gasteiger partial charge in [-0.25, -0.2) is 14.4 Å². The number of nitrogen functional groups attached to an aromatic ring is 1. The van der Waals surface area contributed by atoms with Gasteiger partial charge in [0, 0.05) is 57.8 Å². The molecular formula is C61H80N10O14. The third-order valence-electron chi connectivity index (χ3n) is 14.1. The fourth-order valence-corrected chi connectivity index (χ4v) is 9.32. The summed E-state index contributed by atoms with van der Waals surface area (Å²) in [6, 6.07) is 19.1. The van der Waals surface area contributed by atoms with E-state index in [4.69, 9.17) is 44.6 Å². The summed E-state index contributed by atoms with van der Waals surface area (Å²) in [5, 5.41) is 8.08. The molecule has 8 N–H and O–H groups in total. The zero-order chi connectivity index (χ0) is 60.5. The number of amides is 5. The van der Waals surface area contributed by atoms with Crippen LogP contribution in [0.2, 0.25) is 0 Å². The number of H-pyrrole nitrogens is 1. The Kier molecular flexibility index (Phi) is 25.2. The molecule has 2 aromatic heterocycles. The number of nitrogens with zero attached hydrogens (tertiary/aromatic N) is 4. The van der Waals surface area contributed by atoms with Crippen LogP contribution in [0.3, 0.4) is 0 Å². The van der Waals surface area contributed by atoms with E-state index in [2.05, 4.69) is 30.9 Å². The van der Waals surface area contributed by atoms with Crippen molar-refractivity contribution in [1.82, 2.24) is 40.4 Å². The Hall–Kier alpha value is -8.19. The predicted octanol–water partition coefficient (Wildman–Crippen LogP) is 5.59. The van der Waals surface area contributed by atoms with Crippen molar-refractivity contribution in [3.63, 3.8) is 0 Å². The summed E-state index contributed by atoms with van der Waals surface area (Å²) >= 11 is 0. The highest BCUT2D eigenvalue weighted by Crippen LogP contribution is 2.32. The molecule has 2 aliphatic rings. The molecule has 5 amide bonds. The largest absolute Gasteiger partial charge is 0.463 e. The Bertz CT molecular complexity index is 3110. The molecule has 1 saturated carbocycles. The molecule has 3 heterocycles. The monoisotopic (exact) mass is 1180 g/mol. The number of rotatable bonds is 34. The van der Waals surface area contributed by atoms with Gasteiger partial charge in [0.2, 0.25) is 11.8 Å². The number of fused-ring (bicyclic) bond motifs is 3. The standard InChI is InChI=1S/C61H80N10O14/c1-40(2)50(36-48(73)22-26-79-28-30-81-32-33-82-31-29-80-27-24-64-41(3)72)57(75)66-51(9-7-23-65-58(63)76)52(74)35-42-10-12-44(13-11-42)39-84-61(78)70(47-17-18-47)37-43-14-19-49(20-15-43)85-53-21-16-45-34-46(53)8-5-4-6-25-83-59-68-55(62)54-56(69-59)71(38-45)60(77)67-54/h4-5,10-16,19-21,34,40,47,50-51H,6-9,17-18,22-33,35-39H2,1-3H3,(H,64,72)(H,66,75)(H,67,77)(H2,62,68,69)(H3,63,65,76)/b5-4+/t50-,51-/m0/s1. The van der Waals surface area contributed by atoms with Gasteiger partial charge in [-0.3, -0.25) is 23.7 Å². The fraction of sp³-hybridized carbons (Fsp3) is 0.492. The third-order valence-corrected chi connectivity index (χ3v) is 14.1. The van der Waals surface area contributed by atoms with Gasteiger partial charge in [0.05, 0.1) is 72.0 Å². The number of carbonyl (C=O) groups is 6. The third kappa shape index (κ3) is 21.4. The van der Waals surface area contributed by atoms with Crippen LogP contribution in [0.5, 0.6) is 17.5 Å². The molecule has 1 fully saturated rings. The summed E-state index contributed by atoms with van der Waals surface area (Å²) < 4.78 is 41.4. The van der Waals surface area contributed by atoms with Crippen molar-refractivity contribution in [2.24, 2.45) is 17.6 Å². The zero-order valence-corrected chi connectivity index (χ0v) is 48.7. The number of ketones is 2. The van der Waals surface area contributed by atoms with Gasteiger partial charge in [-0.2, -0.15) is 9.97 Å². The van der Waals surface area contributed by atoms with Crippen LogP contribution < -0.4 is 42.6 Å². The van der Waals surface area contributed by atoms with Crippen molar-refractivity contribution in [3.05, 3.63) is 117 Å². The number of urea groups is 1. The van der Waals surface area contributed by atoms with Gasteiger partial charge < -0.3 is 70.5 Å². The number of allylic oxidation sites excluding steroid dienone is 1. The van der Waals surface area contributed by atoms with Crippen molar-refractivity contribution in [1.29, 1.82) is 0 Å². The maximum absolute atomic E-state index is 13.9. The molecule has 2 atom stereocenters. The highest BCUT2D eigenvalue weighted by molar-refractivity contribution is 5.93. The van der Waals surface area contributed by atoms with E-state index in [0.29, 0.717) is 107 Å². The molecule has 0 radical (unpaired) electrons. The van der Waals surface area contributed by atoms with Crippen LogP contribution in [-0.4, -0.2) is 145 Å². The van der Waals surface area contributed by atoms with Crippen molar-refractivity contribution in [3.8, 4) is 17.5 Å². The minimum atomic E-state index is -0.901. The van der Waals surface area contributed by atoms with Gasteiger partial charge in [-0.1, -0.05) is 68.5 Å². The van der Waals surface area contributed by atoms with Crippen LogP contribution >= 0.6 is 0 Å². The second-order valence-corrected chi connectivity index (χ2v) is 21.3. The van der Waals surface area contributed by atoms with E-state index < -0.39 is 30.0 Å². The Morgan fingerprint density at radius 2 is 1.51 bits per heavy atom. The second-order valence-electron chi connectivity index (χ2n) is 21.3. The molecule has 0 spiro atoms. The maximum atomic E-state index is 13.9. The quantitative estimate of drug-likeness (QED) is 0.0216. The van der Waals surface area contributed by atoms with E-state index >= 15 is 0 Å². The number of aromatic nitrogens is 4. The first-order chi connectivity index (χ1) is 41.1. The van der Waals surface area contributed by atoms with E-state index in [1.807, 2.05) is 68.5 Å². The number of hydrogen-bond donors (Lipinski definition) is 6. The molecule has 7 rings (SSSR count). The van der Waals surface area contributed by atoms with Crippen LogP contribution in [-0.2, 0) is 75.4 Å². The normalized spacial score (nSPS) is 14.2. The molecule has 85 heavy (non-hydrogen) atoms. The highest BCUT2D eigenvalue weighted by atomic mass is 16.6. The van der Waals surface area contributed by atoms with Crippen LogP contribution in [0, 0.1) is 11.8 Å². The molecule has 0 saturated heterocycles.